The molecule has 2 atom stereocenters. The van der Waals surface area contributed by atoms with E-state index >= 15 is 0 Å². The van der Waals surface area contributed by atoms with Gasteiger partial charge >= 0.3 is 0 Å². The first-order valence-corrected chi connectivity index (χ1v) is 7.74. The average molecular weight is 282 g/mol. The zero-order valence-electron chi connectivity index (χ0n) is 12.3. The lowest BCUT2D eigenvalue weighted by molar-refractivity contribution is -0.0262. The van der Waals surface area contributed by atoms with Crippen molar-refractivity contribution in [3.8, 4) is 0 Å². The predicted octanol–water partition coefficient (Wildman–Crippen LogP) is -0.115. The Hall–Kier alpha value is -0.850. The van der Waals surface area contributed by atoms with Crippen molar-refractivity contribution in [1.29, 1.82) is 0 Å². The van der Waals surface area contributed by atoms with Gasteiger partial charge in [-0.1, -0.05) is 0 Å². The largest absolute Gasteiger partial charge is 0.375 e. The Bertz CT molecular complexity index is 359. The molecule has 1 saturated carbocycles. The van der Waals surface area contributed by atoms with Crippen molar-refractivity contribution in [3.63, 3.8) is 0 Å². The minimum Gasteiger partial charge on any atom is -0.375 e. The number of hydrogen-bond donors (Lipinski definition) is 1. The molecule has 0 bridgehead atoms. The molecule has 6 nitrogen and oxygen atoms in total. The monoisotopic (exact) mass is 282 g/mol. The highest BCUT2D eigenvalue weighted by molar-refractivity contribution is 5.78. The van der Waals surface area contributed by atoms with Crippen LogP contribution in [0.4, 0.5) is 0 Å². The van der Waals surface area contributed by atoms with Gasteiger partial charge in [0.05, 0.1) is 32.0 Å². The summed E-state index contributed by atoms with van der Waals surface area (Å²) in [4.78, 5) is 9.18. The first-order chi connectivity index (χ1) is 9.72. The first kappa shape index (κ1) is 14.1. The summed E-state index contributed by atoms with van der Waals surface area (Å²) in [6.07, 6.45) is 3.13. The molecule has 0 radical (unpaired) electrons. The summed E-state index contributed by atoms with van der Waals surface area (Å²) < 4.78 is 11.3. The van der Waals surface area contributed by atoms with Gasteiger partial charge in [-0.25, -0.2) is 0 Å². The maximum Gasteiger partial charge on any atom is 0.191 e. The van der Waals surface area contributed by atoms with E-state index in [1.165, 1.54) is 12.8 Å². The molecule has 0 aromatic carbocycles. The van der Waals surface area contributed by atoms with Crippen LogP contribution in [0.1, 0.15) is 19.8 Å². The molecular weight excluding hydrogens is 256 g/mol. The van der Waals surface area contributed by atoms with Crippen LogP contribution in [-0.2, 0) is 9.47 Å². The highest BCUT2D eigenvalue weighted by Gasteiger charge is 2.32. The molecule has 3 aliphatic rings. The number of nitrogens with two attached hydrogens (primary N) is 1. The van der Waals surface area contributed by atoms with Crippen molar-refractivity contribution < 1.29 is 9.47 Å². The van der Waals surface area contributed by atoms with E-state index in [0.29, 0.717) is 12.5 Å². The van der Waals surface area contributed by atoms with E-state index in [9.17, 15) is 0 Å². The van der Waals surface area contributed by atoms with Gasteiger partial charge in [0.2, 0.25) is 0 Å². The van der Waals surface area contributed by atoms with Crippen molar-refractivity contribution in [3.05, 3.63) is 0 Å². The van der Waals surface area contributed by atoms with Gasteiger partial charge in [-0.05, 0) is 19.8 Å². The van der Waals surface area contributed by atoms with Crippen LogP contribution in [0.3, 0.4) is 0 Å². The summed E-state index contributed by atoms with van der Waals surface area (Å²) in [5.41, 5.74) is 6.09. The number of guanidine groups is 1. The Morgan fingerprint density at radius 3 is 2.75 bits per heavy atom. The topological polar surface area (TPSA) is 63.3 Å². The maximum atomic E-state index is 6.09. The van der Waals surface area contributed by atoms with Gasteiger partial charge < -0.3 is 20.1 Å². The van der Waals surface area contributed by atoms with Gasteiger partial charge in [0.1, 0.15) is 0 Å². The fourth-order valence-electron chi connectivity index (χ4n) is 2.95. The molecule has 2 N–H and O–H groups in total. The number of ether oxygens (including phenoxy) is 2. The minimum atomic E-state index is 0.196. The highest BCUT2D eigenvalue weighted by Crippen LogP contribution is 2.28. The van der Waals surface area contributed by atoms with Crippen LogP contribution >= 0.6 is 0 Å². The lowest BCUT2D eigenvalue weighted by Crippen LogP contribution is -2.49. The van der Waals surface area contributed by atoms with Crippen LogP contribution in [0, 0.1) is 0 Å². The van der Waals surface area contributed by atoms with Crippen molar-refractivity contribution in [1.82, 2.24) is 9.80 Å². The molecule has 114 valence electrons. The zero-order chi connectivity index (χ0) is 13.9. The summed E-state index contributed by atoms with van der Waals surface area (Å²) >= 11 is 0. The highest BCUT2D eigenvalue weighted by atomic mass is 16.5. The van der Waals surface area contributed by atoms with E-state index in [1.807, 2.05) is 0 Å². The third-order valence-electron chi connectivity index (χ3n) is 4.26. The number of hydrogen-bond acceptors (Lipinski definition) is 4. The van der Waals surface area contributed by atoms with Crippen LogP contribution in [0.15, 0.2) is 4.99 Å². The van der Waals surface area contributed by atoms with Gasteiger partial charge in [-0.2, -0.15) is 0 Å². The fourth-order valence-corrected chi connectivity index (χ4v) is 2.95. The molecule has 0 amide bonds. The summed E-state index contributed by atoms with van der Waals surface area (Å²) in [7, 11) is 0. The van der Waals surface area contributed by atoms with E-state index in [0.717, 1.165) is 45.4 Å². The molecular formula is C14H26N4O2. The lowest BCUT2D eigenvalue weighted by atomic mass is 10.2. The molecule has 2 aliphatic heterocycles. The third-order valence-corrected chi connectivity index (χ3v) is 4.26. The summed E-state index contributed by atoms with van der Waals surface area (Å²) in [6.45, 7) is 8.02. The Morgan fingerprint density at radius 2 is 2.00 bits per heavy atom. The van der Waals surface area contributed by atoms with Crippen LogP contribution in [-0.4, -0.2) is 79.9 Å². The van der Waals surface area contributed by atoms with E-state index in [4.69, 9.17) is 15.2 Å². The molecule has 0 aromatic rings. The predicted molar refractivity (Wildman–Crippen MR) is 77.8 cm³/mol. The molecule has 20 heavy (non-hydrogen) atoms. The average Bonchev–Trinajstić information content (AvgIpc) is 3.30. The second-order valence-corrected chi connectivity index (χ2v) is 6.05. The lowest BCUT2D eigenvalue weighted by Gasteiger charge is -2.33. The van der Waals surface area contributed by atoms with Gasteiger partial charge in [-0.3, -0.25) is 9.89 Å². The van der Waals surface area contributed by atoms with Crippen LogP contribution in [0.25, 0.3) is 0 Å². The van der Waals surface area contributed by atoms with Crippen molar-refractivity contribution in [2.24, 2.45) is 10.7 Å². The van der Waals surface area contributed by atoms with Gasteiger partial charge in [0.25, 0.3) is 0 Å². The van der Waals surface area contributed by atoms with E-state index in [2.05, 4.69) is 21.7 Å². The number of rotatable bonds is 3. The minimum absolute atomic E-state index is 0.196. The number of nitrogens with zero attached hydrogens (tertiary/aromatic N) is 3. The molecule has 3 rings (SSSR count). The van der Waals surface area contributed by atoms with Crippen LogP contribution < -0.4 is 5.73 Å². The Balaban J connectivity index is 1.48. The summed E-state index contributed by atoms with van der Waals surface area (Å²) in [6, 6.07) is 0.808. The second-order valence-electron chi connectivity index (χ2n) is 6.05. The molecule has 2 unspecified atom stereocenters. The first-order valence-electron chi connectivity index (χ1n) is 7.74. The standard InChI is InChI=1S/C14H26N4O2/c1-11-9-18(5-6-19-11)14(15)16-8-13-10-17(4-7-20-13)12-2-3-12/h11-13H,2-10H2,1H3,(H2,15,16). The SMILES string of the molecule is CC1CN(C(N)=NCC2CN(C3CC3)CCO2)CCO1. The Kier molecular flexibility index (Phi) is 4.43. The van der Waals surface area contributed by atoms with Gasteiger partial charge in [0.15, 0.2) is 5.96 Å². The zero-order valence-corrected chi connectivity index (χ0v) is 12.3. The molecule has 2 saturated heterocycles. The normalized spacial score (nSPS) is 33.5. The maximum absolute atomic E-state index is 6.09. The molecule has 0 aromatic heterocycles. The molecule has 3 fully saturated rings. The molecule has 1 aliphatic carbocycles. The molecule has 0 spiro atoms. The van der Waals surface area contributed by atoms with E-state index in [-0.39, 0.29) is 12.2 Å². The molecule has 6 heteroatoms. The smallest absolute Gasteiger partial charge is 0.191 e. The Morgan fingerprint density at radius 1 is 1.20 bits per heavy atom. The van der Waals surface area contributed by atoms with Crippen LogP contribution in [0.5, 0.6) is 0 Å². The quantitative estimate of drug-likeness (QED) is 0.578. The number of aliphatic imine (C=N–C) groups is 1. The Labute approximate surface area is 120 Å². The van der Waals surface area contributed by atoms with Gasteiger partial charge in [-0.15, -0.1) is 0 Å². The van der Waals surface area contributed by atoms with Crippen molar-refractivity contribution in [2.45, 2.75) is 38.0 Å². The number of morpholine rings is 2. The van der Waals surface area contributed by atoms with Crippen molar-refractivity contribution in [2.75, 3.05) is 45.9 Å². The van der Waals surface area contributed by atoms with Gasteiger partial charge in [0, 0.05) is 32.2 Å². The van der Waals surface area contributed by atoms with Crippen LogP contribution in [0.2, 0.25) is 0 Å². The van der Waals surface area contributed by atoms with Crippen molar-refractivity contribution >= 4 is 5.96 Å². The summed E-state index contributed by atoms with van der Waals surface area (Å²) in [5, 5.41) is 0. The van der Waals surface area contributed by atoms with E-state index in [1.54, 1.807) is 0 Å². The third kappa shape index (κ3) is 3.62. The van der Waals surface area contributed by atoms with E-state index < -0.39 is 0 Å². The summed E-state index contributed by atoms with van der Waals surface area (Å²) in [5.74, 6) is 0.632. The second kappa shape index (κ2) is 6.28. The molecule has 2 heterocycles. The fraction of sp³-hybridized carbons (Fsp3) is 0.929.